The maximum atomic E-state index is 12.2. The predicted octanol–water partition coefficient (Wildman–Crippen LogP) is 0.550. The van der Waals surface area contributed by atoms with Crippen LogP contribution in [-0.4, -0.2) is 72.3 Å². The van der Waals surface area contributed by atoms with E-state index < -0.39 is 0 Å². The topological polar surface area (TPSA) is 43.9 Å². The Morgan fingerprint density at radius 3 is 2.60 bits per heavy atom. The highest BCUT2D eigenvalue weighted by Crippen LogP contribution is 2.36. The van der Waals surface area contributed by atoms with Crippen LogP contribution in [0.3, 0.4) is 0 Å². The molecule has 3 fully saturated rings. The second-order valence-electron chi connectivity index (χ2n) is 6.71. The number of carbonyl (C=O) groups is 2. The molecule has 0 N–H and O–H groups in total. The van der Waals surface area contributed by atoms with E-state index in [2.05, 4.69) is 4.90 Å². The number of rotatable bonds is 4. The molecule has 2 heterocycles. The highest BCUT2D eigenvalue weighted by Gasteiger charge is 2.44. The van der Waals surface area contributed by atoms with E-state index in [1.54, 1.807) is 19.0 Å². The zero-order valence-corrected chi connectivity index (χ0v) is 12.5. The van der Waals surface area contributed by atoms with Gasteiger partial charge < -0.3 is 9.80 Å². The molecule has 2 amide bonds. The Labute approximate surface area is 120 Å². The van der Waals surface area contributed by atoms with Gasteiger partial charge in [0.1, 0.15) is 6.54 Å². The molecule has 0 aromatic carbocycles. The van der Waals surface area contributed by atoms with Gasteiger partial charge in [0.2, 0.25) is 11.8 Å². The van der Waals surface area contributed by atoms with Crippen LogP contribution in [0.25, 0.3) is 0 Å². The number of fused-ring (bicyclic) bond motifs is 1. The zero-order chi connectivity index (χ0) is 14.3. The van der Waals surface area contributed by atoms with Crippen LogP contribution >= 0.6 is 0 Å². The summed E-state index contributed by atoms with van der Waals surface area (Å²) in [7, 11) is 3.50. The molecule has 112 valence electrons. The van der Waals surface area contributed by atoms with Gasteiger partial charge in [0.25, 0.3) is 0 Å². The van der Waals surface area contributed by atoms with Crippen molar-refractivity contribution >= 4 is 11.8 Å². The van der Waals surface area contributed by atoms with E-state index in [9.17, 15) is 9.59 Å². The summed E-state index contributed by atoms with van der Waals surface area (Å²) < 4.78 is 0. The van der Waals surface area contributed by atoms with Crippen LogP contribution in [-0.2, 0) is 9.59 Å². The minimum Gasteiger partial charge on any atom is -0.347 e. The van der Waals surface area contributed by atoms with Gasteiger partial charge in [0, 0.05) is 45.7 Å². The Bertz CT molecular complexity index is 406. The molecule has 20 heavy (non-hydrogen) atoms. The van der Waals surface area contributed by atoms with Crippen molar-refractivity contribution in [3.8, 4) is 0 Å². The van der Waals surface area contributed by atoms with Gasteiger partial charge in [-0.25, -0.2) is 0 Å². The standard InChI is InChI=1S/C15H25N3O2/c1-16(2)15(20)10-18-13-7-8-17(9-11-3-4-11)12(13)5-6-14(18)19/h11-13H,3-10H2,1-2H3/t12-,13-/m1/s1. The molecule has 1 aliphatic carbocycles. The normalized spacial score (nSPS) is 30.5. The monoisotopic (exact) mass is 279 g/mol. The number of carbonyl (C=O) groups excluding carboxylic acids is 2. The lowest BCUT2D eigenvalue weighted by Gasteiger charge is -2.40. The first-order chi connectivity index (χ1) is 9.56. The highest BCUT2D eigenvalue weighted by molar-refractivity contribution is 5.85. The number of hydrogen-bond donors (Lipinski definition) is 0. The summed E-state index contributed by atoms with van der Waals surface area (Å²) in [6, 6.07) is 0.752. The van der Waals surface area contributed by atoms with Gasteiger partial charge in [-0.15, -0.1) is 0 Å². The minimum absolute atomic E-state index is 0.0274. The number of nitrogens with zero attached hydrogens (tertiary/aromatic N) is 3. The lowest BCUT2D eigenvalue weighted by Crippen LogP contribution is -2.54. The smallest absolute Gasteiger partial charge is 0.241 e. The Morgan fingerprint density at radius 2 is 1.95 bits per heavy atom. The summed E-state index contributed by atoms with van der Waals surface area (Å²) in [5.74, 6) is 1.08. The second-order valence-corrected chi connectivity index (χ2v) is 6.71. The van der Waals surface area contributed by atoms with Crippen LogP contribution in [0, 0.1) is 5.92 Å². The molecular weight excluding hydrogens is 254 g/mol. The first-order valence-electron chi connectivity index (χ1n) is 7.80. The molecule has 3 rings (SSSR count). The molecule has 0 aromatic rings. The molecule has 0 radical (unpaired) electrons. The zero-order valence-electron chi connectivity index (χ0n) is 12.5. The van der Waals surface area contributed by atoms with E-state index in [1.165, 1.54) is 19.4 Å². The van der Waals surface area contributed by atoms with Gasteiger partial charge in [-0.2, -0.15) is 0 Å². The van der Waals surface area contributed by atoms with Gasteiger partial charge >= 0.3 is 0 Å². The molecule has 0 bridgehead atoms. The molecule has 1 saturated carbocycles. The fourth-order valence-corrected chi connectivity index (χ4v) is 3.59. The fourth-order valence-electron chi connectivity index (χ4n) is 3.59. The molecule has 2 saturated heterocycles. The van der Waals surface area contributed by atoms with Crippen LogP contribution in [0.2, 0.25) is 0 Å². The van der Waals surface area contributed by atoms with Gasteiger partial charge in [-0.1, -0.05) is 0 Å². The molecule has 0 aromatic heterocycles. The van der Waals surface area contributed by atoms with E-state index in [-0.39, 0.29) is 24.4 Å². The van der Waals surface area contributed by atoms with Crippen LogP contribution in [0.1, 0.15) is 32.1 Å². The maximum absolute atomic E-state index is 12.2. The van der Waals surface area contributed by atoms with Gasteiger partial charge in [0.15, 0.2) is 0 Å². The van der Waals surface area contributed by atoms with Crippen LogP contribution in [0.4, 0.5) is 0 Å². The summed E-state index contributed by atoms with van der Waals surface area (Å²) >= 11 is 0. The van der Waals surface area contributed by atoms with Crippen molar-refractivity contribution in [3.63, 3.8) is 0 Å². The average molecular weight is 279 g/mol. The third-order valence-corrected chi connectivity index (χ3v) is 4.99. The molecule has 2 atom stereocenters. The van der Waals surface area contributed by atoms with E-state index in [1.807, 2.05) is 4.90 Å². The fraction of sp³-hybridized carbons (Fsp3) is 0.867. The van der Waals surface area contributed by atoms with Crippen molar-refractivity contribution < 1.29 is 9.59 Å². The largest absolute Gasteiger partial charge is 0.347 e. The third-order valence-electron chi connectivity index (χ3n) is 4.99. The van der Waals surface area contributed by atoms with Crippen LogP contribution in [0.5, 0.6) is 0 Å². The van der Waals surface area contributed by atoms with E-state index in [4.69, 9.17) is 0 Å². The first kappa shape index (κ1) is 13.9. The predicted molar refractivity (Wildman–Crippen MR) is 76.1 cm³/mol. The Hall–Kier alpha value is -1.10. The third kappa shape index (κ3) is 2.68. The Kier molecular flexibility index (Phi) is 3.71. The molecular formula is C15H25N3O2. The Morgan fingerprint density at radius 1 is 1.20 bits per heavy atom. The molecule has 0 spiro atoms. The van der Waals surface area contributed by atoms with Crippen LogP contribution in [0.15, 0.2) is 0 Å². The van der Waals surface area contributed by atoms with Crippen LogP contribution < -0.4 is 0 Å². The van der Waals surface area contributed by atoms with Gasteiger partial charge in [-0.3, -0.25) is 14.5 Å². The van der Waals surface area contributed by atoms with Crippen molar-refractivity contribution in [1.29, 1.82) is 0 Å². The van der Waals surface area contributed by atoms with Crippen molar-refractivity contribution in [3.05, 3.63) is 0 Å². The van der Waals surface area contributed by atoms with Gasteiger partial charge in [-0.05, 0) is 31.6 Å². The lowest BCUT2D eigenvalue weighted by atomic mass is 9.96. The summed E-state index contributed by atoms with van der Waals surface area (Å²) in [6.07, 6.45) is 5.35. The van der Waals surface area contributed by atoms with Crippen molar-refractivity contribution in [2.45, 2.75) is 44.2 Å². The van der Waals surface area contributed by atoms with Gasteiger partial charge in [0.05, 0.1) is 0 Å². The number of likely N-dealkylation sites (tertiary alicyclic amines) is 2. The SMILES string of the molecule is CN(C)C(=O)CN1C(=O)CC[C@@H]2[C@H]1CCN2CC1CC1. The molecule has 0 unspecified atom stereocenters. The molecule has 5 nitrogen and oxygen atoms in total. The highest BCUT2D eigenvalue weighted by atomic mass is 16.2. The van der Waals surface area contributed by atoms with Crippen molar-refractivity contribution in [1.82, 2.24) is 14.7 Å². The van der Waals surface area contributed by atoms with Crippen molar-refractivity contribution in [2.75, 3.05) is 33.7 Å². The second kappa shape index (κ2) is 5.35. The molecule has 2 aliphatic heterocycles. The minimum atomic E-state index is 0.0274. The lowest BCUT2D eigenvalue weighted by molar-refractivity contribution is -0.144. The summed E-state index contributed by atoms with van der Waals surface area (Å²) in [4.78, 5) is 30.1. The molecule has 5 heteroatoms. The Balaban J connectivity index is 1.66. The molecule has 3 aliphatic rings. The summed E-state index contributed by atoms with van der Waals surface area (Å²) in [5.41, 5.74) is 0. The average Bonchev–Trinajstić information content (AvgIpc) is 3.12. The van der Waals surface area contributed by atoms with Crippen molar-refractivity contribution in [2.24, 2.45) is 5.92 Å². The number of amides is 2. The van der Waals surface area contributed by atoms with E-state index in [0.717, 1.165) is 25.3 Å². The summed E-state index contributed by atoms with van der Waals surface area (Å²) in [5, 5.41) is 0. The van der Waals surface area contributed by atoms with E-state index in [0.29, 0.717) is 12.5 Å². The maximum Gasteiger partial charge on any atom is 0.241 e. The first-order valence-corrected chi connectivity index (χ1v) is 7.80. The quantitative estimate of drug-likeness (QED) is 0.755. The number of piperidine rings is 1. The van der Waals surface area contributed by atoms with E-state index >= 15 is 0 Å². The number of hydrogen-bond acceptors (Lipinski definition) is 3. The number of likely N-dealkylation sites (N-methyl/N-ethyl adjacent to an activating group) is 1. The summed E-state index contributed by atoms with van der Waals surface area (Å²) in [6.45, 7) is 2.54.